The molecule has 0 radical (unpaired) electrons. The Bertz CT molecular complexity index is 871. The Kier molecular flexibility index (Phi) is 3.91. The van der Waals surface area contributed by atoms with E-state index in [-0.39, 0.29) is 41.1 Å². The zero-order valence-electron chi connectivity index (χ0n) is 10.0. The van der Waals surface area contributed by atoms with Crippen molar-refractivity contribution in [1.82, 2.24) is 0 Å². The Balaban J connectivity index is 0.00000161. The second kappa shape index (κ2) is 5.24. The number of fused-ring (bicyclic) bond motifs is 2. The zero-order chi connectivity index (χ0) is 14.5. The van der Waals surface area contributed by atoms with E-state index in [9.17, 15) is 22.6 Å². The van der Waals surface area contributed by atoms with Gasteiger partial charge in [0.25, 0.3) is 10.1 Å². The average molecular weight is 296 g/mol. The molecule has 1 aliphatic carbocycles. The molecule has 0 bridgehead atoms. The van der Waals surface area contributed by atoms with Crippen LogP contribution in [0.25, 0.3) is 0 Å². The van der Waals surface area contributed by atoms with Crippen molar-refractivity contribution in [2.45, 2.75) is 4.90 Å². The first-order valence-electron chi connectivity index (χ1n) is 5.70. The maximum absolute atomic E-state index is 12.4. The summed E-state index contributed by atoms with van der Waals surface area (Å²) in [6.45, 7) is 0. The van der Waals surface area contributed by atoms with E-state index in [1.54, 1.807) is 12.1 Å². The summed E-state index contributed by atoms with van der Waals surface area (Å²) >= 11 is 0. The molecule has 2 aromatic carbocycles. The van der Waals surface area contributed by atoms with Crippen molar-refractivity contribution in [1.29, 1.82) is 0 Å². The van der Waals surface area contributed by atoms with Gasteiger partial charge >= 0.3 is 18.9 Å². The molecule has 5 nitrogen and oxygen atoms in total. The molecule has 0 saturated carbocycles. The normalized spacial score (nSPS) is 13.2. The minimum atomic E-state index is -4.58. The van der Waals surface area contributed by atoms with E-state index in [0.29, 0.717) is 0 Å². The summed E-state index contributed by atoms with van der Waals surface area (Å²) in [4.78, 5) is 24.2. The van der Waals surface area contributed by atoms with Crippen LogP contribution in [-0.4, -0.2) is 43.4 Å². The number of rotatable bonds is 1. The third kappa shape index (κ3) is 2.37. The van der Waals surface area contributed by atoms with E-state index in [0.717, 1.165) is 6.07 Å². The van der Waals surface area contributed by atoms with Gasteiger partial charge in [0.15, 0.2) is 11.6 Å². The molecule has 0 aromatic heterocycles. The number of ketones is 2. The molecule has 0 fully saturated rings. The molecule has 102 valence electrons. The fourth-order valence-corrected chi connectivity index (χ4v) is 3.04. The Hall–Kier alpha value is -1.71. The maximum atomic E-state index is 12.4. The topological polar surface area (TPSA) is 88.5 Å². The van der Waals surface area contributed by atoms with Gasteiger partial charge in [0.1, 0.15) is 4.90 Å². The first kappa shape index (κ1) is 15.7. The van der Waals surface area contributed by atoms with Gasteiger partial charge in [0.05, 0.1) is 5.56 Å². The standard InChI is InChI=1S/C14H8O5S.Li.H/c15-13-8-4-1-2-5-9(8)14(16)12-10(13)6-3-7-11(12)20(17,18)19;;/h1-7H,(H,17,18,19);;. The first-order chi connectivity index (χ1) is 9.41. The molecule has 0 aliphatic heterocycles. The molecular formula is C14H9LiO5S. The average Bonchev–Trinajstić information content (AvgIpc) is 2.43. The molecule has 0 atom stereocenters. The quantitative estimate of drug-likeness (QED) is 0.536. The SMILES string of the molecule is O=C1c2ccccc2C(=O)c2c1cccc2S(=O)(=O)O.[LiH]. The van der Waals surface area contributed by atoms with Crippen molar-refractivity contribution in [3.8, 4) is 0 Å². The second-order valence-electron chi connectivity index (χ2n) is 4.36. The molecule has 0 heterocycles. The van der Waals surface area contributed by atoms with Gasteiger partial charge in [-0.1, -0.05) is 36.4 Å². The zero-order valence-corrected chi connectivity index (χ0v) is 10.8. The van der Waals surface area contributed by atoms with Gasteiger partial charge in [0, 0.05) is 16.7 Å². The minimum absolute atomic E-state index is 0. The van der Waals surface area contributed by atoms with Crippen LogP contribution in [0.3, 0.4) is 0 Å². The summed E-state index contributed by atoms with van der Waals surface area (Å²) in [5, 5.41) is 0. The number of hydrogen-bond acceptors (Lipinski definition) is 4. The Labute approximate surface area is 132 Å². The number of carbonyl (C=O) groups is 2. The summed E-state index contributed by atoms with van der Waals surface area (Å²) in [7, 11) is -4.58. The van der Waals surface area contributed by atoms with Crippen molar-refractivity contribution in [3.05, 3.63) is 64.7 Å². The molecule has 1 N–H and O–H groups in total. The van der Waals surface area contributed by atoms with Gasteiger partial charge in [-0.05, 0) is 6.07 Å². The van der Waals surface area contributed by atoms with Crippen LogP contribution in [0.15, 0.2) is 47.4 Å². The molecule has 0 unspecified atom stereocenters. The van der Waals surface area contributed by atoms with Gasteiger partial charge in [0.2, 0.25) is 0 Å². The van der Waals surface area contributed by atoms with Crippen LogP contribution in [0.4, 0.5) is 0 Å². The molecular weight excluding hydrogens is 287 g/mol. The van der Waals surface area contributed by atoms with Crippen LogP contribution >= 0.6 is 0 Å². The van der Waals surface area contributed by atoms with E-state index >= 15 is 0 Å². The van der Waals surface area contributed by atoms with E-state index in [1.165, 1.54) is 24.3 Å². The van der Waals surface area contributed by atoms with E-state index in [4.69, 9.17) is 0 Å². The van der Waals surface area contributed by atoms with Crippen molar-refractivity contribution in [3.63, 3.8) is 0 Å². The van der Waals surface area contributed by atoms with Crippen molar-refractivity contribution >= 4 is 40.5 Å². The van der Waals surface area contributed by atoms with Crippen LogP contribution in [-0.2, 0) is 10.1 Å². The molecule has 21 heavy (non-hydrogen) atoms. The Morgan fingerprint density at radius 2 is 1.29 bits per heavy atom. The van der Waals surface area contributed by atoms with Crippen LogP contribution in [0.2, 0.25) is 0 Å². The molecule has 2 aromatic rings. The number of hydrogen-bond donors (Lipinski definition) is 1. The predicted octanol–water partition coefficient (Wildman–Crippen LogP) is 1.06. The van der Waals surface area contributed by atoms with Crippen LogP contribution in [0, 0.1) is 0 Å². The fourth-order valence-electron chi connectivity index (χ4n) is 2.33. The van der Waals surface area contributed by atoms with Crippen molar-refractivity contribution in [2.75, 3.05) is 0 Å². The van der Waals surface area contributed by atoms with Crippen LogP contribution in [0.5, 0.6) is 0 Å². The molecule has 0 spiro atoms. The van der Waals surface area contributed by atoms with Crippen LogP contribution < -0.4 is 0 Å². The molecule has 3 rings (SSSR count). The summed E-state index contributed by atoms with van der Waals surface area (Å²) < 4.78 is 31.9. The van der Waals surface area contributed by atoms with Crippen molar-refractivity contribution < 1.29 is 22.6 Å². The van der Waals surface area contributed by atoms with E-state index in [1.807, 2.05) is 0 Å². The first-order valence-corrected chi connectivity index (χ1v) is 7.14. The van der Waals surface area contributed by atoms with Gasteiger partial charge < -0.3 is 0 Å². The predicted molar refractivity (Wildman–Crippen MR) is 76.7 cm³/mol. The van der Waals surface area contributed by atoms with Gasteiger partial charge in [-0.15, -0.1) is 0 Å². The van der Waals surface area contributed by atoms with Crippen LogP contribution in [0.1, 0.15) is 31.8 Å². The van der Waals surface area contributed by atoms with E-state index < -0.39 is 26.6 Å². The second-order valence-corrected chi connectivity index (χ2v) is 5.75. The summed E-state index contributed by atoms with van der Waals surface area (Å²) in [5.41, 5.74) is 0.0983. The van der Waals surface area contributed by atoms with Gasteiger partial charge in [-0.2, -0.15) is 8.42 Å². The molecule has 7 heteroatoms. The molecule has 0 amide bonds. The van der Waals surface area contributed by atoms with E-state index in [2.05, 4.69) is 0 Å². The summed E-state index contributed by atoms with van der Waals surface area (Å²) in [6, 6.07) is 9.99. The number of benzene rings is 2. The monoisotopic (exact) mass is 296 g/mol. The third-order valence-electron chi connectivity index (χ3n) is 3.19. The van der Waals surface area contributed by atoms with Gasteiger partial charge in [-0.3, -0.25) is 14.1 Å². The molecule has 1 aliphatic rings. The third-order valence-corrected chi connectivity index (χ3v) is 4.09. The molecule has 0 saturated heterocycles. The van der Waals surface area contributed by atoms with Gasteiger partial charge in [-0.25, -0.2) is 0 Å². The number of carbonyl (C=O) groups excluding carboxylic acids is 2. The fraction of sp³-hybridized carbons (Fsp3) is 0. The van der Waals surface area contributed by atoms with Crippen molar-refractivity contribution in [2.24, 2.45) is 0 Å². The summed E-state index contributed by atoms with van der Waals surface area (Å²) in [6.07, 6.45) is 0. The summed E-state index contributed by atoms with van der Waals surface area (Å²) in [5.74, 6) is -1.01. The Morgan fingerprint density at radius 3 is 1.86 bits per heavy atom. The Morgan fingerprint density at radius 1 is 0.762 bits per heavy atom.